The summed E-state index contributed by atoms with van der Waals surface area (Å²) in [7, 11) is 0. The highest BCUT2D eigenvalue weighted by molar-refractivity contribution is 5.85. The molecule has 19 heavy (non-hydrogen) atoms. The van der Waals surface area contributed by atoms with Gasteiger partial charge in [-0.15, -0.1) is 24.8 Å². The minimum atomic E-state index is 0. The van der Waals surface area contributed by atoms with Gasteiger partial charge < -0.3 is 5.32 Å². The van der Waals surface area contributed by atoms with Crippen molar-refractivity contribution in [3.05, 3.63) is 34.9 Å². The van der Waals surface area contributed by atoms with Gasteiger partial charge in [0.15, 0.2) is 0 Å². The molecule has 2 rings (SSSR count). The standard InChI is InChI=1S/C15H24N2.2ClH/c1-4-15(17-9-7-16-8-10-17)14-6-5-12(2)13(3)11-14;;/h5-6,11,15-16H,4,7-10H2,1-3H3;2*1H/t15-;;/m0../s1. The highest BCUT2D eigenvalue weighted by Crippen LogP contribution is 2.26. The maximum atomic E-state index is 3.42. The second-order valence-electron chi connectivity index (χ2n) is 5.05. The molecular formula is C15H26Cl2N2. The van der Waals surface area contributed by atoms with E-state index in [-0.39, 0.29) is 24.8 Å². The van der Waals surface area contributed by atoms with Crippen LogP contribution in [0, 0.1) is 13.8 Å². The van der Waals surface area contributed by atoms with Crippen molar-refractivity contribution >= 4 is 24.8 Å². The largest absolute Gasteiger partial charge is 0.314 e. The van der Waals surface area contributed by atoms with Gasteiger partial charge in [-0.3, -0.25) is 4.90 Å². The zero-order chi connectivity index (χ0) is 12.3. The van der Waals surface area contributed by atoms with Crippen LogP contribution in [0.5, 0.6) is 0 Å². The van der Waals surface area contributed by atoms with Crippen LogP contribution in [0.2, 0.25) is 0 Å². The lowest BCUT2D eigenvalue weighted by Crippen LogP contribution is -2.45. The van der Waals surface area contributed by atoms with E-state index in [9.17, 15) is 0 Å². The molecule has 0 bridgehead atoms. The van der Waals surface area contributed by atoms with Gasteiger partial charge in [-0.25, -0.2) is 0 Å². The van der Waals surface area contributed by atoms with Gasteiger partial charge in [0, 0.05) is 32.2 Å². The number of nitrogens with zero attached hydrogens (tertiary/aromatic N) is 1. The Hall–Kier alpha value is -0.280. The monoisotopic (exact) mass is 304 g/mol. The van der Waals surface area contributed by atoms with E-state index in [0.717, 1.165) is 13.1 Å². The van der Waals surface area contributed by atoms with Crippen molar-refractivity contribution in [3.63, 3.8) is 0 Å². The van der Waals surface area contributed by atoms with Crippen molar-refractivity contribution < 1.29 is 0 Å². The van der Waals surface area contributed by atoms with Crippen LogP contribution in [0.3, 0.4) is 0 Å². The lowest BCUT2D eigenvalue weighted by Gasteiger charge is -2.35. The minimum Gasteiger partial charge on any atom is -0.314 e. The van der Waals surface area contributed by atoms with Gasteiger partial charge in [-0.2, -0.15) is 0 Å². The molecule has 0 saturated carbocycles. The van der Waals surface area contributed by atoms with Crippen molar-refractivity contribution in [1.29, 1.82) is 0 Å². The number of rotatable bonds is 3. The summed E-state index contributed by atoms with van der Waals surface area (Å²) in [6.45, 7) is 11.3. The lowest BCUT2D eigenvalue weighted by atomic mass is 9.98. The molecule has 0 spiro atoms. The Labute approximate surface area is 129 Å². The first-order valence-electron chi connectivity index (χ1n) is 6.74. The van der Waals surface area contributed by atoms with E-state index in [0.29, 0.717) is 6.04 Å². The van der Waals surface area contributed by atoms with E-state index in [1.807, 2.05) is 0 Å². The Morgan fingerprint density at radius 3 is 2.26 bits per heavy atom. The molecule has 1 heterocycles. The second kappa shape index (κ2) is 8.80. The van der Waals surface area contributed by atoms with Gasteiger partial charge in [-0.05, 0) is 37.0 Å². The number of benzene rings is 1. The van der Waals surface area contributed by atoms with Gasteiger partial charge in [0.1, 0.15) is 0 Å². The SMILES string of the molecule is CC[C@@H](c1ccc(C)c(C)c1)N1CCNCC1.Cl.Cl. The lowest BCUT2D eigenvalue weighted by molar-refractivity contribution is 0.169. The molecule has 1 aliphatic rings. The topological polar surface area (TPSA) is 15.3 Å². The normalized spacial score (nSPS) is 17.2. The highest BCUT2D eigenvalue weighted by atomic mass is 35.5. The van der Waals surface area contributed by atoms with Crippen LogP contribution in [-0.4, -0.2) is 31.1 Å². The molecule has 110 valence electrons. The average Bonchev–Trinajstić information content (AvgIpc) is 2.36. The zero-order valence-electron chi connectivity index (χ0n) is 12.1. The number of aryl methyl sites for hydroxylation is 2. The van der Waals surface area contributed by atoms with E-state index in [1.165, 1.54) is 36.2 Å². The van der Waals surface area contributed by atoms with Crippen LogP contribution in [0.1, 0.15) is 36.1 Å². The summed E-state index contributed by atoms with van der Waals surface area (Å²) >= 11 is 0. The summed E-state index contributed by atoms with van der Waals surface area (Å²) in [6, 6.07) is 7.52. The summed E-state index contributed by atoms with van der Waals surface area (Å²) in [5, 5.41) is 3.42. The fourth-order valence-corrected chi connectivity index (χ4v) is 2.67. The van der Waals surface area contributed by atoms with E-state index in [1.54, 1.807) is 0 Å². The van der Waals surface area contributed by atoms with Crippen molar-refractivity contribution in [2.75, 3.05) is 26.2 Å². The van der Waals surface area contributed by atoms with Crippen molar-refractivity contribution in [2.24, 2.45) is 0 Å². The number of nitrogens with one attached hydrogen (secondary N) is 1. The molecule has 1 saturated heterocycles. The Morgan fingerprint density at radius 1 is 1.11 bits per heavy atom. The first-order chi connectivity index (χ1) is 8.22. The molecule has 1 aromatic carbocycles. The van der Waals surface area contributed by atoms with Crippen molar-refractivity contribution in [2.45, 2.75) is 33.2 Å². The smallest absolute Gasteiger partial charge is 0.0346 e. The van der Waals surface area contributed by atoms with Gasteiger partial charge in [0.25, 0.3) is 0 Å². The number of hydrogen-bond donors (Lipinski definition) is 1. The summed E-state index contributed by atoms with van der Waals surface area (Å²) in [4.78, 5) is 2.61. The Kier molecular flexibility index (Phi) is 8.67. The van der Waals surface area contributed by atoms with Gasteiger partial charge in [-0.1, -0.05) is 25.1 Å². The Morgan fingerprint density at radius 2 is 1.74 bits per heavy atom. The van der Waals surface area contributed by atoms with E-state index < -0.39 is 0 Å². The molecule has 1 fully saturated rings. The Balaban J connectivity index is 0.00000162. The van der Waals surface area contributed by atoms with Crippen LogP contribution in [-0.2, 0) is 0 Å². The van der Waals surface area contributed by atoms with E-state index >= 15 is 0 Å². The Bertz CT molecular complexity index is 376. The minimum absolute atomic E-state index is 0. The third-order valence-corrected chi connectivity index (χ3v) is 3.89. The second-order valence-corrected chi connectivity index (χ2v) is 5.05. The van der Waals surface area contributed by atoms with Crippen LogP contribution in [0.4, 0.5) is 0 Å². The number of piperazine rings is 1. The van der Waals surface area contributed by atoms with E-state index in [2.05, 4.69) is 49.2 Å². The highest BCUT2D eigenvalue weighted by Gasteiger charge is 2.20. The molecule has 4 heteroatoms. The van der Waals surface area contributed by atoms with Gasteiger partial charge in [0.2, 0.25) is 0 Å². The van der Waals surface area contributed by atoms with Crippen LogP contribution < -0.4 is 5.32 Å². The predicted molar refractivity (Wildman–Crippen MR) is 87.9 cm³/mol. The average molecular weight is 305 g/mol. The van der Waals surface area contributed by atoms with Gasteiger partial charge >= 0.3 is 0 Å². The molecule has 1 aliphatic heterocycles. The molecule has 1 N–H and O–H groups in total. The fourth-order valence-electron chi connectivity index (χ4n) is 2.67. The summed E-state index contributed by atoms with van der Waals surface area (Å²) in [5.41, 5.74) is 4.29. The summed E-state index contributed by atoms with van der Waals surface area (Å²) < 4.78 is 0. The molecular weight excluding hydrogens is 279 g/mol. The maximum absolute atomic E-state index is 3.42. The van der Waals surface area contributed by atoms with Crippen molar-refractivity contribution in [3.8, 4) is 0 Å². The molecule has 1 aromatic rings. The number of halogens is 2. The van der Waals surface area contributed by atoms with E-state index in [4.69, 9.17) is 0 Å². The first kappa shape index (κ1) is 18.7. The molecule has 0 radical (unpaired) electrons. The molecule has 0 unspecified atom stereocenters. The molecule has 2 nitrogen and oxygen atoms in total. The maximum Gasteiger partial charge on any atom is 0.0346 e. The first-order valence-corrected chi connectivity index (χ1v) is 6.74. The van der Waals surface area contributed by atoms with Crippen LogP contribution >= 0.6 is 24.8 Å². The molecule has 0 amide bonds. The fraction of sp³-hybridized carbons (Fsp3) is 0.600. The quantitative estimate of drug-likeness (QED) is 0.919. The van der Waals surface area contributed by atoms with Gasteiger partial charge in [0.05, 0.1) is 0 Å². The third kappa shape index (κ3) is 4.64. The zero-order valence-corrected chi connectivity index (χ0v) is 13.7. The summed E-state index contributed by atoms with van der Waals surface area (Å²) in [6.07, 6.45) is 1.20. The summed E-state index contributed by atoms with van der Waals surface area (Å²) in [5.74, 6) is 0. The third-order valence-electron chi connectivity index (χ3n) is 3.89. The predicted octanol–water partition coefficient (Wildman–Crippen LogP) is 3.50. The van der Waals surface area contributed by atoms with Crippen molar-refractivity contribution in [1.82, 2.24) is 10.2 Å². The molecule has 1 atom stereocenters. The van der Waals surface area contributed by atoms with Crippen LogP contribution in [0.25, 0.3) is 0 Å². The molecule has 0 aliphatic carbocycles. The van der Waals surface area contributed by atoms with Crippen LogP contribution in [0.15, 0.2) is 18.2 Å². The molecule has 0 aromatic heterocycles. The number of hydrogen-bond acceptors (Lipinski definition) is 2.